The molecule has 2 aromatic rings. The van der Waals surface area contributed by atoms with Gasteiger partial charge in [0.25, 0.3) is 0 Å². The minimum atomic E-state index is -0.649. The van der Waals surface area contributed by atoms with Crippen LogP contribution in [0.5, 0.6) is 0 Å². The molecular weight excluding hydrogens is 495 g/mol. The van der Waals surface area contributed by atoms with Crippen LogP contribution in [0.4, 0.5) is 11.4 Å². The van der Waals surface area contributed by atoms with E-state index < -0.39 is 6.04 Å². The lowest BCUT2D eigenvalue weighted by Crippen LogP contribution is -2.38. The van der Waals surface area contributed by atoms with Crippen LogP contribution in [-0.2, 0) is 16.1 Å². The van der Waals surface area contributed by atoms with Crippen molar-refractivity contribution >= 4 is 46.3 Å². The summed E-state index contributed by atoms with van der Waals surface area (Å²) >= 11 is 12.9. The Hall–Kier alpha value is -2.38. The Labute approximate surface area is 223 Å². The van der Waals surface area contributed by atoms with Gasteiger partial charge in [0.1, 0.15) is 0 Å². The predicted molar refractivity (Wildman–Crippen MR) is 148 cm³/mol. The van der Waals surface area contributed by atoms with E-state index in [2.05, 4.69) is 35.4 Å². The summed E-state index contributed by atoms with van der Waals surface area (Å²) in [5.74, 6) is -0.147. The molecule has 0 bridgehead atoms. The van der Waals surface area contributed by atoms with Gasteiger partial charge in [0, 0.05) is 54.3 Å². The van der Waals surface area contributed by atoms with Crippen LogP contribution in [0.25, 0.3) is 0 Å². The number of nitrogens with zero attached hydrogens (tertiary/aromatic N) is 2. The zero-order valence-electron chi connectivity index (χ0n) is 21.5. The number of anilines is 2. The van der Waals surface area contributed by atoms with E-state index in [0.717, 1.165) is 35.7 Å². The van der Waals surface area contributed by atoms with E-state index in [-0.39, 0.29) is 17.1 Å². The number of halogens is 2. The maximum Gasteiger partial charge on any atom is 0.224 e. The van der Waals surface area contributed by atoms with E-state index in [1.165, 1.54) is 6.92 Å². The molecule has 192 valence electrons. The minimum Gasteiger partial charge on any atom is -0.357 e. The lowest BCUT2D eigenvalue weighted by atomic mass is 9.73. The van der Waals surface area contributed by atoms with Crippen LogP contribution >= 0.6 is 23.2 Å². The molecule has 0 spiro atoms. The highest BCUT2D eigenvalue weighted by atomic mass is 35.5. The molecule has 6 nitrogen and oxygen atoms in total. The van der Waals surface area contributed by atoms with Gasteiger partial charge in [-0.2, -0.15) is 0 Å². The van der Waals surface area contributed by atoms with Crippen LogP contribution in [0.2, 0.25) is 10.0 Å². The van der Waals surface area contributed by atoms with Crippen molar-refractivity contribution in [2.75, 3.05) is 37.4 Å². The first-order valence-electron chi connectivity index (χ1n) is 12.2. The van der Waals surface area contributed by atoms with Crippen LogP contribution in [0.15, 0.2) is 47.7 Å². The number of amides is 1. The number of fused-ring (bicyclic) bond motifs is 1. The van der Waals surface area contributed by atoms with E-state index in [4.69, 9.17) is 23.2 Å². The Morgan fingerprint density at radius 3 is 2.58 bits per heavy atom. The second-order valence-corrected chi connectivity index (χ2v) is 11.6. The number of carbonyl (C=O) groups is 2. The highest BCUT2D eigenvalue weighted by Gasteiger charge is 2.43. The molecule has 0 aromatic heterocycles. The maximum absolute atomic E-state index is 13.7. The molecule has 0 fully saturated rings. The average molecular weight is 530 g/mol. The molecule has 1 aliphatic carbocycles. The van der Waals surface area contributed by atoms with Crippen LogP contribution < -0.4 is 15.5 Å². The van der Waals surface area contributed by atoms with Crippen LogP contribution in [0.3, 0.4) is 0 Å². The first-order valence-corrected chi connectivity index (χ1v) is 13.0. The summed E-state index contributed by atoms with van der Waals surface area (Å²) in [7, 11) is 4.10. The Morgan fingerprint density at radius 1 is 1.17 bits per heavy atom. The molecule has 1 atom stereocenters. The predicted octanol–water partition coefficient (Wildman–Crippen LogP) is 5.81. The minimum absolute atomic E-state index is 0.0226. The first-order chi connectivity index (χ1) is 17.0. The molecule has 8 heteroatoms. The first kappa shape index (κ1) is 26.7. The third-order valence-electron chi connectivity index (χ3n) is 6.72. The van der Waals surface area contributed by atoms with Gasteiger partial charge in [-0.15, -0.1) is 0 Å². The highest BCUT2D eigenvalue weighted by molar-refractivity contribution is 6.35. The van der Waals surface area contributed by atoms with Gasteiger partial charge in [-0.1, -0.05) is 49.2 Å². The van der Waals surface area contributed by atoms with Crippen molar-refractivity contribution in [3.63, 3.8) is 0 Å². The summed E-state index contributed by atoms with van der Waals surface area (Å²) in [4.78, 5) is 30.7. The molecule has 2 N–H and O–H groups in total. The SMILES string of the molecule is CC(=O)N1c2ccc(CNCCN(C)C)cc2NC2=C(C(=O)CC(C)(C)C2)C1c1ccc(Cl)cc1Cl. The van der Waals surface area contributed by atoms with Crippen molar-refractivity contribution in [2.45, 2.75) is 46.2 Å². The van der Waals surface area contributed by atoms with Gasteiger partial charge in [-0.05, 0) is 61.3 Å². The molecule has 36 heavy (non-hydrogen) atoms. The van der Waals surface area contributed by atoms with Gasteiger partial charge in [-0.25, -0.2) is 0 Å². The van der Waals surface area contributed by atoms with Crippen molar-refractivity contribution in [3.8, 4) is 0 Å². The van der Waals surface area contributed by atoms with Crippen LogP contribution in [0.1, 0.15) is 50.8 Å². The number of likely N-dealkylation sites (N-methyl/N-ethyl adjacent to an activating group) is 1. The summed E-state index contributed by atoms with van der Waals surface area (Å²) < 4.78 is 0. The molecular formula is C28H34Cl2N4O2. The van der Waals surface area contributed by atoms with Gasteiger partial charge >= 0.3 is 0 Å². The van der Waals surface area contributed by atoms with Crippen molar-refractivity contribution in [1.82, 2.24) is 10.2 Å². The Kier molecular flexibility index (Phi) is 7.81. The molecule has 1 heterocycles. The smallest absolute Gasteiger partial charge is 0.224 e. The average Bonchev–Trinajstić information content (AvgIpc) is 2.89. The largest absolute Gasteiger partial charge is 0.357 e. The summed E-state index contributed by atoms with van der Waals surface area (Å²) in [5.41, 5.74) is 4.54. The van der Waals surface area contributed by atoms with E-state index in [1.807, 2.05) is 32.3 Å². The normalized spacial score (nSPS) is 19.1. The Bertz CT molecular complexity index is 1220. The number of allylic oxidation sites excluding steroid dienone is 1. The number of carbonyl (C=O) groups excluding carboxylic acids is 2. The monoisotopic (exact) mass is 528 g/mol. The summed E-state index contributed by atoms with van der Waals surface area (Å²) in [6.07, 6.45) is 1.09. The van der Waals surface area contributed by atoms with E-state index >= 15 is 0 Å². The van der Waals surface area contributed by atoms with Gasteiger partial charge in [0.15, 0.2) is 5.78 Å². The number of ketones is 1. The fraction of sp³-hybridized carbons (Fsp3) is 0.429. The lowest BCUT2D eigenvalue weighted by molar-refractivity contribution is -0.118. The van der Waals surface area contributed by atoms with Gasteiger partial charge in [0.05, 0.1) is 17.4 Å². The van der Waals surface area contributed by atoms with E-state index in [0.29, 0.717) is 40.6 Å². The van der Waals surface area contributed by atoms with Crippen molar-refractivity contribution in [2.24, 2.45) is 5.41 Å². The van der Waals surface area contributed by atoms with Crippen LogP contribution in [-0.4, -0.2) is 43.8 Å². The van der Waals surface area contributed by atoms with Crippen molar-refractivity contribution in [1.29, 1.82) is 0 Å². The van der Waals surface area contributed by atoms with Crippen molar-refractivity contribution < 1.29 is 9.59 Å². The van der Waals surface area contributed by atoms with Gasteiger partial charge in [-0.3, -0.25) is 14.5 Å². The van der Waals surface area contributed by atoms with Crippen molar-refractivity contribution in [3.05, 3.63) is 68.8 Å². The number of hydrogen-bond donors (Lipinski definition) is 2. The van der Waals surface area contributed by atoms with E-state index in [1.54, 1.807) is 17.0 Å². The lowest BCUT2D eigenvalue weighted by Gasteiger charge is -2.37. The summed E-state index contributed by atoms with van der Waals surface area (Å²) in [6.45, 7) is 8.23. The molecule has 0 saturated heterocycles. The molecule has 0 saturated carbocycles. The summed E-state index contributed by atoms with van der Waals surface area (Å²) in [6, 6.07) is 10.6. The molecule has 4 rings (SSSR count). The molecule has 0 radical (unpaired) electrons. The molecule has 2 aliphatic rings. The Balaban J connectivity index is 1.85. The summed E-state index contributed by atoms with van der Waals surface area (Å²) in [5, 5.41) is 7.97. The fourth-order valence-electron chi connectivity index (χ4n) is 5.10. The second-order valence-electron chi connectivity index (χ2n) is 10.7. The third kappa shape index (κ3) is 5.62. The zero-order valence-corrected chi connectivity index (χ0v) is 23.1. The van der Waals surface area contributed by atoms with Crippen LogP contribution in [0, 0.1) is 5.41 Å². The van der Waals surface area contributed by atoms with E-state index in [9.17, 15) is 9.59 Å². The topological polar surface area (TPSA) is 64.7 Å². The number of nitrogens with one attached hydrogen (secondary N) is 2. The number of rotatable bonds is 6. The number of hydrogen-bond acceptors (Lipinski definition) is 5. The second kappa shape index (κ2) is 10.5. The Morgan fingerprint density at radius 2 is 1.92 bits per heavy atom. The number of benzene rings is 2. The zero-order chi connectivity index (χ0) is 26.2. The number of Topliss-reactive ketones (excluding diaryl/α,β-unsaturated/α-hetero) is 1. The maximum atomic E-state index is 13.7. The third-order valence-corrected chi connectivity index (χ3v) is 7.28. The highest BCUT2D eigenvalue weighted by Crippen LogP contribution is 2.49. The fourth-order valence-corrected chi connectivity index (χ4v) is 5.61. The molecule has 1 amide bonds. The van der Waals surface area contributed by atoms with Gasteiger partial charge in [0.2, 0.25) is 5.91 Å². The molecule has 1 aliphatic heterocycles. The molecule has 1 unspecified atom stereocenters. The molecule has 2 aromatic carbocycles. The standard InChI is InChI=1S/C28H34Cl2N4O2/c1-17(35)34-24-9-6-18(16-31-10-11-33(4)5)12-22(24)32-23-14-28(2,3)15-25(36)26(23)27(34)20-8-7-19(29)13-21(20)30/h6-9,12-13,27,31-32H,10-11,14-16H2,1-5H3. The quantitative estimate of drug-likeness (QED) is 0.463. The van der Waals surface area contributed by atoms with Gasteiger partial charge < -0.3 is 15.5 Å².